The molecule has 1 fully saturated rings. The van der Waals surface area contributed by atoms with Crippen LogP contribution in [0.4, 0.5) is 0 Å². The highest BCUT2D eigenvalue weighted by Gasteiger charge is 2.60. The highest BCUT2D eigenvalue weighted by molar-refractivity contribution is 6.09. The Bertz CT molecular complexity index is 1320. The minimum absolute atomic E-state index is 0.104. The molecule has 0 radical (unpaired) electrons. The maximum atomic E-state index is 6.73. The smallest absolute Gasteiger partial charge is 0.200 e. The minimum Gasteiger partial charge on any atom is -0.469 e. The van der Waals surface area contributed by atoms with Crippen LogP contribution in [0.5, 0.6) is 0 Å². The molecule has 2 heterocycles. The van der Waals surface area contributed by atoms with Crippen LogP contribution in [0.2, 0.25) is 0 Å². The normalized spacial score (nSPS) is 25.5. The Labute approximate surface area is 217 Å². The molecule has 4 heteroatoms. The van der Waals surface area contributed by atoms with Crippen LogP contribution in [0.25, 0.3) is 0 Å². The molecule has 4 aromatic carbocycles. The Morgan fingerprint density at radius 2 is 0.784 bits per heavy atom. The lowest BCUT2D eigenvalue weighted by atomic mass is 9.97. The van der Waals surface area contributed by atoms with Gasteiger partial charge in [-0.1, -0.05) is 121 Å². The molecular weight excluding hydrogens is 456 g/mol. The lowest BCUT2D eigenvalue weighted by molar-refractivity contribution is 0.170. The third-order valence-electron chi connectivity index (χ3n) is 7.67. The van der Waals surface area contributed by atoms with Crippen LogP contribution >= 0.6 is 0 Å². The molecule has 182 valence electrons. The first-order chi connectivity index (χ1) is 18.3. The van der Waals surface area contributed by atoms with Gasteiger partial charge in [-0.2, -0.15) is 0 Å². The van der Waals surface area contributed by atoms with E-state index in [0.717, 1.165) is 46.9 Å². The quantitative estimate of drug-likeness (QED) is 0.283. The van der Waals surface area contributed by atoms with Gasteiger partial charge in [0.1, 0.15) is 17.5 Å². The molecule has 0 unspecified atom stereocenters. The fourth-order valence-corrected chi connectivity index (χ4v) is 5.52. The maximum Gasteiger partial charge on any atom is 0.200 e. The SMILES string of the molecule is c1ccc([C@@H]2N=C(C3(C4=N[C@@H](c5ccccc5)[C@H](c5ccccc5)O4)CC3)O[C@H]2c2ccccc2)cc1. The summed E-state index contributed by atoms with van der Waals surface area (Å²) in [5.74, 6) is 1.52. The highest BCUT2D eigenvalue weighted by atomic mass is 16.5. The highest BCUT2D eigenvalue weighted by Crippen LogP contribution is 2.57. The van der Waals surface area contributed by atoms with Gasteiger partial charge >= 0.3 is 0 Å². The molecule has 4 aromatic rings. The van der Waals surface area contributed by atoms with E-state index >= 15 is 0 Å². The third kappa shape index (κ3) is 3.93. The summed E-state index contributed by atoms with van der Waals surface area (Å²) in [6.07, 6.45) is 1.51. The van der Waals surface area contributed by atoms with Crippen LogP contribution in [0.3, 0.4) is 0 Å². The van der Waals surface area contributed by atoms with Gasteiger partial charge in [0.25, 0.3) is 0 Å². The van der Waals surface area contributed by atoms with E-state index in [9.17, 15) is 0 Å². The second-order valence-electron chi connectivity index (χ2n) is 10.1. The van der Waals surface area contributed by atoms with E-state index in [2.05, 4.69) is 97.1 Å². The van der Waals surface area contributed by atoms with Gasteiger partial charge < -0.3 is 9.47 Å². The minimum atomic E-state index is -0.396. The molecular formula is C33H28N2O2. The van der Waals surface area contributed by atoms with Gasteiger partial charge in [-0.15, -0.1) is 0 Å². The average molecular weight is 485 g/mol. The number of ether oxygens (including phenoxy) is 2. The van der Waals surface area contributed by atoms with Crippen molar-refractivity contribution in [2.45, 2.75) is 37.1 Å². The van der Waals surface area contributed by atoms with E-state index in [4.69, 9.17) is 19.5 Å². The molecule has 0 aromatic heterocycles. The maximum absolute atomic E-state index is 6.73. The van der Waals surface area contributed by atoms with Crippen molar-refractivity contribution in [2.75, 3.05) is 0 Å². The van der Waals surface area contributed by atoms with Crippen LogP contribution < -0.4 is 0 Å². The summed E-state index contributed by atoms with van der Waals surface area (Å²) in [5.41, 5.74) is 4.17. The van der Waals surface area contributed by atoms with Gasteiger partial charge in [-0.3, -0.25) is 0 Å². The molecule has 1 saturated carbocycles. The monoisotopic (exact) mass is 484 g/mol. The van der Waals surface area contributed by atoms with E-state index in [1.807, 2.05) is 24.3 Å². The number of rotatable bonds is 6. The number of benzene rings is 4. The van der Waals surface area contributed by atoms with E-state index in [1.165, 1.54) is 0 Å². The zero-order valence-electron chi connectivity index (χ0n) is 20.5. The Hall–Kier alpha value is -4.18. The summed E-state index contributed by atoms with van der Waals surface area (Å²) in [4.78, 5) is 10.4. The van der Waals surface area contributed by atoms with Crippen molar-refractivity contribution >= 4 is 11.8 Å². The molecule has 1 aliphatic carbocycles. The fraction of sp³-hybridized carbons (Fsp3) is 0.212. The topological polar surface area (TPSA) is 43.2 Å². The molecule has 4 atom stereocenters. The van der Waals surface area contributed by atoms with Crippen molar-refractivity contribution in [1.29, 1.82) is 0 Å². The van der Waals surface area contributed by atoms with Gasteiger partial charge in [0.15, 0.2) is 12.2 Å². The molecule has 37 heavy (non-hydrogen) atoms. The molecule has 7 rings (SSSR count). The van der Waals surface area contributed by atoms with E-state index in [1.54, 1.807) is 0 Å². The lowest BCUT2D eigenvalue weighted by Crippen LogP contribution is -2.27. The van der Waals surface area contributed by atoms with Gasteiger partial charge in [0, 0.05) is 0 Å². The molecule has 0 saturated heterocycles. The largest absolute Gasteiger partial charge is 0.469 e. The number of hydrogen-bond donors (Lipinski definition) is 0. The van der Waals surface area contributed by atoms with Gasteiger partial charge in [0.05, 0.1) is 0 Å². The zero-order valence-corrected chi connectivity index (χ0v) is 20.5. The van der Waals surface area contributed by atoms with E-state index in [-0.39, 0.29) is 24.3 Å². The van der Waals surface area contributed by atoms with Gasteiger partial charge in [-0.05, 0) is 35.1 Å². The van der Waals surface area contributed by atoms with Crippen molar-refractivity contribution in [2.24, 2.45) is 15.4 Å². The number of nitrogens with zero attached hydrogens (tertiary/aromatic N) is 2. The van der Waals surface area contributed by atoms with Crippen LogP contribution in [0.1, 0.15) is 59.4 Å². The summed E-state index contributed by atoms with van der Waals surface area (Å²) >= 11 is 0. The second kappa shape index (κ2) is 9.04. The van der Waals surface area contributed by atoms with Crippen molar-refractivity contribution in [3.8, 4) is 0 Å². The molecule has 4 nitrogen and oxygen atoms in total. The summed E-state index contributed by atoms with van der Waals surface area (Å²) < 4.78 is 13.5. The first kappa shape index (κ1) is 22.1. The Balaban J connectivity index is 1.26. The second-order valence-corrected chi connectivity index (χ2v) is 10.1. The summed E-state index contributed by atoms with van der Waals surface area (Å²) in [7, 11) is 0. The van der Waals surface area contributed by atoms with Crippen LogP contribution in [0, 0.1) is 5.41 Å². The Morgan fingerprint density at radius 1 is 0.459 bits per heavy atom. The zero-order chi connectivity index (χ0) is 24.7. The fourth-order valence-electron chi connectivity index (χ4n) is 5.52. The lowest BCUT2D eigenvalue weighted by Gasteiger charge is -2.21. The van der Waals surface area contributed by atoms with Gasteiger partial charge in [0.2, 0.25) is 11.8 Å². The van der Waals surface area contributed by atoms with Crippen LogP contribution in [-0.2, 0) is 9.47 Å². The standard InChI is InChI=1S/C33H28N2O2/c1-5-13-23(14-6-1)27-29(25-17-9-3-10-18-25)36-31(34-27)33(21-22-33)32-35-28(24-15-7-2-8-16-24)30(37-32)26-19-11-4-12-20-26/h1-20,27-30H,21-22H2/t27-,28-,29-,30-/m0/s1. The van der Waals surface area contributed by atoms with Gasteiger partial charge in [-0.25, -0.2) is 9.98 Å². The Morgan fingerprint density at radius 3 is 1.11 bits per heavy atom. The first-order valence-corrected chi connectivity index (χ1v) is 13.0. The number of hydrogen-bond acceptors (Lipinski definition) is 4. The van der Waals surface area contributed by atoms with Crippen molar-refractivity contribution in [1.82, 2.24) is 0 Å². The molecule has 3 aliphatic rings. The predicted octanol–water partition coefficient (Wildman–Crippen LogP) is 7.59. The Kier molecular flexibility index (Phi) is 5.39. The molecule has 0 N–H and O–H groups in total. The molecule has 2 aliphatic heterocycles. The van der Waals surface area contributed by atoms with Crippen molar-refractivity contribution in [3.05, 3.63) is 144 Å². The van der Waals surface area contributed by atoms with E-state index in [0.29, 0.717) is 0 Å². The summed E-state index contributed by atoms with van der Waals surface area (Å²) in [6, 6.07) is 41.5. The molecule has 0 spiro atoms. The third-order valence-corrected chi connectivity index (χ3v) is 7.67. The van der Waals surface area contributed by atoms with Crippen LogP contribution in [0.15, 0.2) is 131 Å². The molecule has 0 amide bonds. The van der Waals surface area contributed by atoms with Crippen LogP contribution in [-0.4, -0.2) is 11.8 Å². The molecule has 0 bridgehead atoms. The first-order valence-electron chi connectivity index (χ1n) is 13.0. The number of aliphatic imine (C=N–C) groups is 2. The van der Waals surface area contributed by atoms with E-state index < -0.39 is 5.41 Å². The summed E-state index contributed by atoms with van der Waals surface area (Å²) in [6.45, 7) is 0. The predicted molar refractivity (Wildman–Crippen MR) is 145 cm³/mol. The van der Waals surface area contributed by atoms with Crippen molar-refractivity contribution < 1.29 is 9.47 Å². The van der Waals surface area contributed by atoms with Crippen molar-refractivity contribution in [3.63, 3.8) is 0 Å². The summed E-state index contributed by atoms with van der Waals surface area (Å²) in [5, 5.41) is 0. The average Bonchev–Trinajstić information content (AvgIpc) is 3.45.